The Morgan fingerprint density at radius 3 is 2.68 bits per heavy atom. The van der Waals surface area contributed by atoms with E-state index in [1.54, 1.807) is 19.1 Å². The first-order valence-electron chi connectivity index (χ1n) is 5.92. The molecule has 0 saturated heterocycles. The molecular formula is C12H14B2ClNO2S. The Labute approximate surface area is 124 Å². The van der Waals surface area contributed by atoms with Crippen molar-refractivity contribution in [3.05, 3.63) is 28.3 Å². The summed E-state index contributed by atoms with van der Waals surface area (Å²) in [4.78, 5) is 12.1. The zero-order valence-corrected chi connectivity index (χ0v) is 12.9. The maximum atomic E-state index is 12.1. The molecule has 0 saturated carbocycles. The van der Waals surface area contributed by atoms with Gasteiger partial charge in [-0.05, 0) is 43.3 Å². The lowest BCUT2D eigenvalue weighted by Gasteiger charge is -2.15. The Kier molecular flexibility index (Phi) is 5.84. The van der Waals surface area contributed by atoms with Gasteiger partial charge in [-0.25, -0.2) is 0 Å². The van der Waals surface area contributed by atoms with Crippen molar-refractivity contribution in [1.29, 1.82) is 5.26 Å². The average molecular weight is 293 g/mol. The molecular weight excluding hydrogens is 279 g/mol. The number of thioether (sulfide) groups is 1. The molecule has 0 aliphatic carbocycles. The second-order valence-corrected chi connectivity index (χ2v) is 6.01. The molecule has 3 nitrogen and oxygen atoms in total. The maximum absolute atomic E-state index is 12.1. The van der Waals surface area contributed by atoms with Crippen molar-refractivity contribution in [3.63, 3.8) is 0 Å². The zero-order chi connectivity index (χ0) is 14.6. The number of hydrogen-bond donors (Lipinski definition) is 0. The molecule has 0 aliphatic rings. The number of rotatable bonds is 5. The van der Waals surface area contributed by atoms with E-state index in [2.05, 4.69) is 0 Å². The molecule has 0 aromatic heterocycles. The summed E-state index contributed by atoms with van der Waals surface area (Å²) in [6, 6.07) is 3.38. The number of halogens is 1. The Morgan fingerprint density at radius 2 is 2.16 bits per heavy atom. The van der Waals surface area contributed by atoms with Crippen LogP contribution in [0.5, 0.6) is 5.75 Å². The summed E-state index contributed by atoms with van der Waals surface area (Å²) in [5.41, 5.74) is 1.29. The summed E-state index contributed by atoms with van der Waals surface area (Å²) in [5, 5.41) is 10.5. The van der Waals surface area contributed by atoms with Crippen LogP contribution in [0.25, 0.3) is 0 Å². The third-order valence-electron chi connectivity index (χ3n) is 2.49. The number of ketones is 1. The van der Waals surface area contributed by atoms with Gasteiger partial charge in [-0.15, -0.1) is 0 Å². The van der Waals surface area contributed by atoms with Gasteiger partial charge in [0.1, 0.15) is 26.8 Å². The fraction of sp³-hybridized carbons (Fsp3) is 0.333. The number of aryl methyl sites for hydroxylation is 1. The van der Waals surface area contributed by atoms with Gasteiger partial charge in [-0.1, -0.05) is 11.6 Å². The first-order valence-corrected chi connectivity index (χ1v) is 7.18. The SMILES string of the molecule is BC(B)Oc1cc(Cl)c(C(=O)C(C)SC#N)cc1C. The van der Waals surface area contributed by atoms with Crippen molar-refractivity contribution in [2.24, 2.45) is 0 Å². The van der Waals surface area contributed by atoms with E-state index in [-0.39, 0.29) is 11.7 Å². The molecule has 1 aromatic carbocycles. The van der Waals surface area contributed by atoms with Crippen molar-refractivity contribution < 1.29 is 9.53 Å². The van der Waals surface area contributed by atoms with Gasteiger partial charge in [0.05, 0.1) is 10.3 Å². The van der Waals surface area contributed by atoms with Gasteiger partial charge in [0.2, 0.25) is 0 Å². The van der Waals surface area contributed by atoms with Gasteiger partial charge in [0.25, 0.3) is 0 Å². The van der Waals surface area contributed by atoms with E-state index in [1.165, 1.54) is 0 Å². The van der Waals surface area contributed by atoms with Gasteiger partial charge >= 0.3 is 0 Å². The number of thiocyanates is 1. The molecule has 0 aliphatic heterocycles. The molecule has 7 heteroatoms. The highest BCUT2D eigenvalue weighted by atomic mass is 35.5. The molecule has 1 rings (SSSR count). The van der Waals surface area contributed by atoms with E-state index in [1.807, 2.05) is 28.0 Å². The van der Waals surface area contributed by atoms with Crippen LogP contribution in [0, 0.1) is 17.6 Å². The van der Waals surface area contributed by atoms with Crippen LogP contribution in [0.1, 0.15) is 22.8 Å². The van der Waals surface area contributed by atoms with E-state index in [0.717, 1.165) is 17.3 Å². The molecule has 1 unspecified atom stereocenters. The van der Waals surface area contributed by atoms with Crippen molar-refractivity contribution in [2.75, 3.05) is 0 Å². The fourth-order valence-electron chi connectivity index (χ4n) is 1.58. The molecule has 1 aromatic rings. The zero-order valence-electron chi connectivity index (χ0n) is 11.4. The van der Waals surface area contributed by atoms with E-state index < -0.39 is 5.25 Å². The first kappa shape index (κ1) is 16.0. The van der Waals surface area contributed by atoms with Crippen molar-refractivity contribution >= 4 is 44.8 Å². The minimum Gasteiger partial charge on any atom is -0.508 e. The largest absolute Gasteiger partial charge is 0.508 e. The first-order chi connectivity index (χ1) is 8.86. The number of benzene rings is 1. The third kappa shape index (κ3) is 4.22. The quantitative estimate of drug-likeness (QED) is 0.467. The van der Waals surface area contributed by atoms with Gasteiger partial charge in [0, 0.05) is 11.5 Å². The number of nitriles is 1. The van der Waals surface area contributed by atoms with E-state index >= 15 is 0 Å². The van der Waals surface area contributed by atoms with E-state index in [9.17, 15) is 4.79 Å². The van der Waals surface area contributed by atoms with Crippen molar-refractivity contribution in [3.8, 4) is 11.2 Å². The van der Waals surface area contributed by atoms with Crippen LogP contribution in [-0.4, -0.2) is 32.6 Å². The Hall–Kier alpha value is -1.05. The predicted molar refractivity (Wildman–Crippen MR) is 84.7 cm³/mol. The number of ether oxygens (including phenoxy) is 1. The smallest absolute Gasteiger partial charge is 0.178 e. The highest BCUT2D eigenvalue weighted by Gasteiger charge is 2.20. The monoisotopic (exact) mass is 293 g/mol. The van der Waals surface area contributed by atoms with Crippen LogP contribution < -0.4 is 4.74 Å². The number of Topliss-reactive ketones (excluding diaryl/α,β-unsaturated/α-hetero) is 1. The van der Waals surface area contributed by atoms with Crippen LogP contribution >= 0.6 is 23.4 Å². The molecule has 0 fully saturated rings. The van der Waals surface area contributed by atoms with E-state index in [0.29, 0.717) is 16.3 Å². The van der Waals surface area contributed by atoms with Crippen LogP contribution in [0.15, 0.2) is 12.1 Å². The number of carbonyl (C=O) groups excluding carboxylic acids is 1. The van der Waals surface area contributed by atoms with Gasteiger partial charge in [0.15, 0.2) is 5.78 Å². The van der Waals surface area contributed by atoms with Crippen molar-refractivity contribution in [2.45, 2.75) is 25.0 Å². The van der Waals surface area contributed by atoms with Crippen LogP contribution in [-0.2, 0) is 0 Å². The number of hydrogen-bond acceptors (Lipinski definition) is 4. The molecule has 0 spiro atoms. The maximum Gasteiger partial charge on any atom is 0.178 e. The Morgan fingerprint density at radius 1 is 1.53 bits per heavy atom. The summed E-state index contributed by atoms with van der Waals surface area (Å²) in [5.74, 6) is 0.581. The summed E-state index contributed by atoms with van der Waals surface area (Å²) >= 11 is 7.06. The summed E-state index contributed by atoms with van der Waals surface area (Å²) in [6.45, 7) is 3.56. The fourth-order valence-corrected chi connectivity index (χ4v) is 2.22. The van der Waals surface area contributed by atoms with Crippen LogP contribution in [0.4, 0.5) is 0 Å². The topological polar surface area (TPSA) is 50.1 Å². The normalized spacial score (nSPS) is 11.9. The second-order valence-electron chi connectivity index (χ2n) is 4.48. The molecule has 0 radical (unpaired) electrons. The van der Waals surface area contributed by atoms with Gasteiger partial charge in [-0.2, -0.15) is 5.26 Å². The molecule has 1 atom stereocenters. The minimum atomic E-state index is -0.432. The highest BCUT2D eigenvalue weighted by molar-refractivity contribution is 8.04. The minimum absolute atomic E-state index is 0.0457. The number of carbonyl (C=O) groups is 1. The molecule has 0 N–H and O–H groups in total. The number of nitrogens with zero attached hydrogens (tertiary/aromatic N) is 1. The molecule has 0 bridgehead atoms. The van der Waals surface area contributed by atoms with Gasteiger partial charge in [-0.3, -0.25) is 4.79 Å². The molecule has 0 amide bonds. The predicted octanol–water partition coefficient (Wildman–Crippen LogP) is 1.36. The summed E-state index contributed by atoms with van der Waals surface area (Å²) in [6.07, 6.45) is 0. The van der Waals surface area contributed by atoms with Crippen LogP contribution in [0.3, 0.4) is 0 Å². The molecule has 19 heavy (non-hydrogen) atoms. The summed E-state index contributed by atoms with van der Waals surface area (Å²) in [7, 11) is 3.86. The summed E-state index contributed by atoms with van der Waals surface area (Å²) < 4.78 is 5.62. The third-order valence-corrected chi connectivity index (χ3v) is 3.48. The lowest BCUT2D eigenvalue weighted by atomic mass is 9.82. The second kappa shape index (κ2) is 6.93. The average Bonchev–Trinajstić information content (AvgIpc) is 2.32. The highest BCUT2D eigenvalue weighted by Crippen LogP contribution is 2.29. The lowest BCUT2D eigenvalue weighted by Crippen LogP contribution is -2.17. The van der Waals surface area contributed by atoms with Crippen LogP contribution in [0.2, 0.25) is 5.02 Å². The molecule has 0 heterocycles. The van der Waals surface area contributed by atoms with E-state index in [4.69, 9.17) is 21.6 Å². The van der Waals surface area contributed by atoms with Crippen molar-refractivity contribution in [1.82, 2.24) is 0 Å². The molecule has 98 valence electrons. The standard InChI is InChI=1S/C12H14B2ClNO2S/c1-6-3-8(11(17)7(2)19-5-16)9(15)4-10(6)18-12(13)14/h3-4,7,12H,13-14H2,1-2H3. The lowest BCUT2D eigenvalue weighted by molar-refractivity contribution is 0.0994. The van der Waals surface area contributed by atoms with Gasteiger partial charge < -0.3 is 4.74 Å². The Balaban J connectivity index is 3.08. The Bertz CT molecular complexity index is 531.